The van der Waals surface area contributed by atoms with Crippen molar-refractivity contribution in [1.29, 1.82) is 0 Å². The van der Waals surface area contributed by atoms with Crippen LogP contribution < -0.4 is 0 Å². The average molecular weight is 234 g/mol. The van der Waals surface area contributed by atoms with Crippen molar-refractivity contribution in [2.75, 3.05) is 6.61 Å². The van der Waals surface area contributed by atoms with Gasteiger partial charge in [-0.25, -0.2) is 0 Å². The number of aromatic nitrogens is 2. The van der Waals surface area contributed by atoms with Gasteiger partial charge in [-0.2, -0.15) is 16.4 Å². The molecular weight excluding hydrogens is 220 g/mol. The summed E-state index contributed by atoms with van der Waals surface area (Å²) in [6.45, 7) is 0.723. The van der Waals surface area contributed by atoms with Crippen LogP contribution in [0.25, 0.3) is 11.3 Å². The maximum Gasteiger partial charge on any atom is 0.0694 e. The minimum Gasteiger partial charge on any atom is -0.394 e. The molecule has 0 aromatic carbocycles. The van der Waals surface area contributed by atoms with E-state index < -0.39 is 0 Å². The molecule has 1 saturated carbocycles. The number of hydrogen-bond donors (Lipinski definition) is 1. The van der Waals surface area contributed by atoms with Crippen molar-refractivity contribution in [3.05, 3.63) is 28.6 Å². The molecule has 0 spiro atoms. The molecule has 1 aliphatic carbocycles. The fraction of sp³-hybridized carbons (Fsp3) is 0.417. The second-order valence-corrected chi connectivity index (χ2v) is 4.97. The molecule has 2 heterocycles. The summed E-state index contributed by atoms with van der Waals surface area (Å²) >= 11 is 1.69. The van der Waals surface area contributed by atoms with Crippen LogP contribution in [0.4, 0.5) is 0 Å². The van der Waals surface area contributed by atoms with Gasteiger partial charge in [0.25, 0.3) is 0 Å². The van der Waals surface area contributed by atoms with Crippen molar-refractivity contribution in [3.63, 3.8) is 0 Å². The first-order valence-electron chi connectivity index (χ1n) is 5.59. The molecule has 0 radical (unpaired) electrons. The standard InChI is InChI=1S/C12H14N2OS/c15-5-4-14-12(10-3-6-16-8-10)7-11(13-14)9-1-2-9/h3,6-9,15H,1-2,4-5H2. The SMILES string of the molecule is OCCn1nc(C2CC2)cc1-c1ccsc1. The summed E-state index contributed by atoms with van der Waals surface area (Å²) in [6.07, 6.45) is 2.53. The van der Waals surface area contributed by atoms with E-state index in [0.29, 0.717) is 12.5 Å². The quantitative estimate of drug-likeness (QED) is 0.882. The van der Waals surface area contributed by atoms with Crippen LogP contribution in [0.15, 0.2) is 22.9 Å². The Labute approximate surface area is 98.3 Å². The Morgan fingerprint density at radius 1 is 1.50 bits per heavy atom. The Balaban J connectivity index is 2.00. The molecular formula is C12H14N2OS. The highest BCUT2D eigenvalue weighted by atomic mass is 32.1. The molecule has 3 rings (SSSR count). The van der Waals surface area contributed by atoms with Gasteiger partial charge < -0.3 is 5.11 Å². The Morgan fingerprint density at radius 3 is 3.00 bits per heavy atom. The van der Waals surface area contributed by atoms with Gasteiger partial charge in [0.15, 0.2) is 0 Å². The summed E-state index contributed by atoms with van der Waals surface area (Å²) in [4.78, 5) is 0. The first-order chi connectivity index (χ1) is 7.88. The number of rotatable bonds is 4. The van der Waals surface area contributed by atoms with Crippen LogP contribution in [-0.4, -0.2) is 21.5 Å². The van der Waals surface area contributed by atoms with Crippen LogP contribution in [0.3, 0.4) is 0 Å². The highest BCUT2D eigenvalue weighted by Gasteiger charge is 2.27. The number of aliphatic hydroxyl groups excluding tert-OH is 1. The summed E-state index contributed by atoms with van der Waals surface area (Å²) < 4.78 is 1.93. The molecule has 0 bridgehead atoms. The molecule has 0 amide bonds. The molecule has 84 valence electrons. The topological polar surface area (TPSA) is 38.0 Å². The van der Waals surface area contributed by atoms with E-state index in [2.05, 4.69) is 28.0 Å². The van der Waals surface area contributed by atoms with Gasteiger partial charge in [0.1, 0.15) is 0 Å². The summed E-state index contributed by atoms with van der Waals surface area (Å²) in [5, 5.41) is 17.8. The molecule has 1 N–H and O–H groups in total. The molecule has 16 heavy (non-hydrogen) atoms. The third-order valence-corrected chi connectivity index (χ3v) is 3.61. The highest BCUT2D eigenvalue weighted by molar-refractivity contribution is 7.08. The summed E-state index contributed by atoms with van der Waals surface area (Å²) in [5.41, 5.74) is 3.53. The lowest BCUT2D eigenvalue weighted by molar-refractivity contribution is 0.270. The average Bonchev–Trinajstić information content (AvgIpc) is 2.84. The highest BCUT2D eigenvalue weighted by Crippen LogP contribution is 2.40. The molecule has 0 aliphatic heterocycles. The van der Waals surface area contributed by atoms with Gasteiger partial charge in [-0.1, -0.05) is 0 Å². The predicted octanol–water partition coefficient (Wildman–Crippen LogP) is 2.48. The van der Waals surface area contributed by atoms with E-state index in [1.807, 2.05) is 4.68 Å². The minimum absolute atomic E-state index is 0.142. The Bertz CT molecular complexity index is 471. The van der Waals surface area contributed by atoms with E-state index >= 15 is 0 Å². The summed E-state index contributed by atoms with van der Waals surface area (Å²) in [7, 11) is 0. The molecule has 2 aromatic heterocycles. The van der Waals surface area contributed by atoms with Crippen LogP contribution in [0.2, 0.25) is 0 Å². The second kappa shape index (κ2) is 4.03. The molecule has 0 atom stereocenters. The molecule has 0 unspecified atom stereocenters. The fourth-order valence-corrected chi connectivity index (χ4v) is 2.57. The van der Waals surface area contributed by atoms with Crippen LogP contribution in [0.1, 0.15) is 24.5 Å². The molecule has 4 heteroatoms. The Morgan fingerprint density at radius 2 is 2.38 bits per heavy atom. The smallest absolute Gasteiger partial charge is 0.0694 e. The molecule has 0 saturated heterocycles. The lowest BCUT2D eigenvalue weighted by Crippen LogP contribution is -2.05. The maximum absolute atomic E-state index is 9.05. The minimum atomic E-state index is 0.142. The van der Waals surface area contributed by atoms with Gasteiger partial charge in [-0.3, -0.25) is 4.68 Å². The lowest BCUT2D eigenvalue weighted by Gasteiger charge is -2.02. The van der Waals surface area contributed by atoms with Gasteiger partial charge in [0.05, 0.1) is 24.5 Å². The van der Waals surface area contributed by atoms with Crippen LogP contribution in [0, 0.1) is 0 Å². The van der Waals surface area contributed by atoms with E-state index in [9.17, 15) is 0 Å². The number of nitrogens with zero attached hydrogens (tertiary/aromatic N) is 2. The van der Waals surface area contributed by atoms with Crippen LogP contribution in [-0.2, 0) is 6.54 Å². The summed E-state index contributed by atoms with van der Waals surface area (Å²) in [6, 6.07) is 4.28. The molecule has 2 aromatic rings. The Kier molecular flexibility index (Phi) is 2.53. The number of aliphatic hydroxyl groups is 1. The Hall–Kier alpha value is -1.13. The van der Waals surface area contributed by atoms with Crippen molar-refractivity contribution in [3.8, 4) is 11.3 Å². The molecule has 1 fully saturated rings. The lowest BCUT2D eigenvalue weighted by atomic mass is 10.2. The zero-order valence-electron chi connectivity index (χ0n) is 8.97. The normalized spacial score (nSPS) is 15.6. The van der Waals surface area contributed by atoms with E-state index in [1.165, 1.54) is 24.1 Å². The van der Waals surface area contributed by atoms with Gasteiger partial charge >= 0.3 is 0 Å². The van der Waals surface area contributed by atoms with Crippen molar-refractivity contribution >= 4 is 11.3 Å². The van der Waals surface area contributed by atoms with Crippen LogP contribution >= 0.6 is 11.3 Å². The molecule has 3 nitrogen and oxygen atoms in total. The maximum atomic E-state index is 9.05. The van der Waals surface area contributed by atoms with Crippen molar-refractivity contribution in [2.45, 2.75) is 25.3 Å². The number of hydrogen-bond acceptors (Lipinski definition) is 3. The fourth-order valence-electron chi connectivity index (χ4n) is 1.92. The zero-order chi connectivity index (χ0) is 11.0. The second-order valence-electron chi connectivity index (χ2n) is 4.19. The van der Waals surface area contributed by atoms with E-state index in [0.717, 1.165) is 5.69 Å². The zero-order valence-corrected chi connectivity index (χ0v) is 9.78. The summed E-state index contributed by atoms with van der Waals surface area (Å²) in [5.74, 6) is 0.664. The van der Waals surface area contributed by atoms with E-state index in [1.54, 1.807) is 11.3 Å². The number of thiophene rings is 1. The van der Waals surface area contributed by atoms with Crippen molar-refractivity contribution < 1.29 is 5.11 Å². The van der Waals surface area contributed by atoms with Gasteiger partial charge in [0.2, 0.25) is 0 Å². The third kappa shape index (κ3) is 1.79. The largest absolute Gasteiger partial charge is 0.394 e. The molecule has 1 aliphatic rings. The first-order valence-corrected chi connectivity index (χ1v) is 6.54. The van der Waals surface area contributed by atoms with E-state index in [4.69, 9.17) is 5.11 Å². The van der Waals surface area contributed by atoms with Gasteiger partial charge in [-0.15, -0.1) is 0 Å². The van der Waals surface area contributed by atoms with Gasteiger partial charge in [-0.05, 0) is 30.4 Å². The monoisotopic (exact) mass is 234 g/mol. The van der Waals surface area contributed by atoms with Crippen molar-refractivity contribution in [2.24, 2.45) is 0 Å². The predicted molar refractivity (Wildman–Crippen MR) is 64.6 cm³/mol. The first kappa shape index (κ1) is 10.1. The van der Waals surface area contributed by atoms with Gasteiger partial charge in [0, 0.05) is 16.9 Å². The third-order valence-electron chi connectivity index (χ3n) is 2.92. The van der Waals surface area contributed by atoms with Crippen molar-refractivity contribution in [1.82, 2.24) is 9.78 Å². The van der Waals surface area contributed by atoms with E-state index in [-0.39, 0.29) is 6.61 Å². The van der Waals surface area contributed by atoms with Crippen LogP contribution in [0.5, 0.6) is 0 Å².